The SMILES string of the molecule is CC1SCC(C(=O)O)N1C(=O)c1cc(-c2cccs2)on1. The van der Waals surface area contributed by atoms with Gasteiger partial charge in [0.1, 0.15) is 6.04 Å². The molecule has 0 saturated carbocycles. The molecule has 2 aromatic rings. The summed E-state index contributed by atoms with van der Waals surface area (Å²) in [5, 5.41) is 14.7. The number of aromatic nitrogens is 1. The molecule has 3 rings (SSSR count). The van der Waals surface area contributed by atoms with E-state index in [0.717, 1.165) is 4.88 Å². The van der Waals surface area contributed by atoms with Crippen LogP contribution in [0.2, 0.25) is 0 Å². The van der Waals surface area contributed by atoms with Gasteiger partial charge in [0, 0.05) is 11.8 Å². The van der Waals surface area contributed by atoms with Crippen molar-refractivity contribution >= 4 is 35.0 Å². The van der Waals surface area contributed by atoms with Gasteiger partial charge in [-0.25, -0.2) is 4.79 Å². The molecule has 110 valence electrons. The van der Waals surface area contributed by atoms with E-state index in [1.807, 2.05) is 24.4 Å². The third-order valence-electron chi connectivity index (χ3n) is 3.24. The summed E-state index contributed by atoms with van der Waals surface area (Å²) in [6.07, 6.45) is 0. The fourth-order valence-electron chi connectivity index (χ4n) is 2.18. The number of hydrogen-bond acceptors (Lipinski definition) is 6. The van der Waals surface area contributed by atoms with E-state index in [4.69, 9.17) is 4.52 Å². The number of aliphatic carboxylic acids is 1. The summed E-state index contributed by atoms with van der Waals surface area (Å²) in [4.78, 5) is 25.9. The van der Waals surface area contributed by atoms with E-state index in [1.165, 1.54) is 28.0 Å². The standard InChI is InChI=1S/C13H12N2O4S2/c1-7-15(9(6-21-7)13(17)18)12(16)8-5-10(19-14-8)11-3-2-4-20-11/h2-5,7,9H,6H2,1H3,(H,17,18). The van der Waals surface area contributed by atoms with Crippen molar-refractivity contribution < 1.29 is 19.2 Å². The normalized spacial score (nSPS) is 21.7. The lowest BCUT2D eigenvalue weighted by Gasteiger charge is -2.23. The summed E-state index contributed by atoms with van der Waals surface area (Å²) in [6, 6.07) is 4.49. The second-order valence-electron chi connectivity index (χ2n) is 4.55. The van der Waals surface area contributed by atoms with Crippen molar-refractivity contribution in [1.82, 2.24) is 10.1 Å². The Kier molecular flexibility index (Phi) is 3.73. The molecule has 1 aliphatic rings. The Labute approximate surface area is 128 Å². The number of nitrogens with zero attached hydrogens (tertiary/aromatic N) is 2. The Morgan fingerprint density at radius 2 is 2.33 bits per heavy atom. The van der Waals surface area contributed by atoms with Gasteiger partial charge in [-0.05, 0) is 18.4 Å². The molecular formula is C13H12N2O4S2. The molecule has 6 nitrogen and oxygen atoms in total. The Morgan fingerprint density at radius 3 is 3.00 bits per heavy atom. The maximum atomic E-state index is 12.5. The highest BCUT2D eigenvalue weighted by molar-refractivity contribution is 8.00. The highest BCUT2D eigenvalue weighted by atomic mass is 32.2. The van der Waals surface area contributed by atoms with Crippen LogP contribution in [0.5, 0.6) is 0 Å². The van der Waals surface area contributed by atoms with Gasteiger partial charge in [-0.15, -0.1) is 23.1 Å². The molecule has 0 spiro atoms. The third kappa shape index (κ3) is 2.56. The number of carboxylic acids is 1. The van der Waals surface area contributed by atoms with Crippen molar-refractivity contribution in [3.05, 3.63) is 29.3 Å². The Morgan fingerprint density at radius 1 is 1.52 bits per heavy atom. The average molecular weight is 324 g/mol. The number of thiophene rings is 1. The quantitative estimate of drug-likeness (QED) is 0.933. The largest absolute Gasteiger partial charge is 0.480 e. The lowest BCUT2D eigenvalue weighted by Crippen LogP contribution is -2.44. The maximum Gasteiger partial charge on any atom is 0.327 e. The van der Waals surface area contributed by atoms with Crippen molar-refractivity contribution in [1.29, 1.82) is 0 Å². The first kappa shape index (κ1) is 14.2. The van der Waals surface area contributed by atoms with Gasteiger partial charge in [-0.2, -0.15) is 0 Å². The van der Waals surface area contributed by atoms with Crippen molar-refractivity contribution in [2.75, 3.05) is 5.75 Å². The number of amides is 1. The Bertz CT molecular complexity index is 668. The van der Waals surface area contributed by atoms with Crippen LogP contribution < -0.4 is 0 Å². The van der Waals surface area contributed by atoms with Crippen LogP contribution in [0.3, 0.4) is 0 Å². The van der Waals surface area contributed by atoms with Gasteiger partial charge in [0.15, 0.2) is 11.5 Å². The summed E-state index contributed by atoms with van der Waals surface area (Å²) >= 11 is 2.92. The number of carbonyl (C=O) groups is 2. The van der Waals surface area contributed by atoms with Crippen molar-refractivity contribution in [3.8, 4) is 10.6 Å². The van der Waals surface area contributed by atoms with E-state index in [1.54, 1.807) is 6.07 Å². The minimum absolute atomic E-state index is 0.138. The fourth-order valence-corrected chi connectivity index (χ4v) is 4.02. The minimum atomic E-state index is -0.998. The Hall–Kier alpha value is -1.80. The lowest BCUT2D eigenvalue weighted by molar-refractivity contribution is -0.141. The summed E-state index contributed by atoms with van der Waals surface area (Å²) in [5.74, 6) is -0.508. The van der Waals surface area contributed by atoms with Crippen LogP contribution >= 0.6 is 23.1 Å². The summed E-state index contributed by atoms with van der Waals surface area (Å²) in [7, 11) is 0. The smallest absolute Gasteiger partial charge is 0.327 e. The third-order valence-corrected chi connectivity index (χ3v) is 5.34. The van der Waals surface area contributed by atoms with Gasteiger partial charge in [-0.1, -0.05) is 11.2 Å². The summed E-state index contributed by atoms with van der Waals surface area (Å²) in [6.45, 7) is 1.81. The molecule has 21 heavy (non-hydrogen) atoms. The van der Waals surface area contributed by atoms with Gasteiger partial charge in [0.2, 0.25) is 0 Å². The molecule has 0 bridgehead atoms. The summed E-state index contributed by atoms with van der Waals surface area (Å²) in [5.41, 5.74) is 0.138. The molecule has 2 aromatic heterocycles. The molecule has 1 aliphatic heterocycles. The fraction of sp³-hybridized carbons (Fsp3) is 0.308. The minimum Gasteiger partial charge on any atom is -0.480 e. The van der Waals surface area contributed by atoms with E-state index >= 15 is 0 Å². The zero-order valence-electron chi connectivity index (χ0n) is 11.1. The number of carbonyl (C=O) groups excluding carboxylic acids is 1. The van der Waals surface area contributed by atoms with E-state index in [0.29, 0.717) is 11.5 Å². The van der Waals surface area contributed by atoms with Crippen LogP contribution in [-0.2, 0) is 4.79 Å². The predicted octanol–water partition coefficient (Wildman–Crippen LogP) is 2.39. The van der Waals surface area contributed by atoms with E-state index < -0.39 is 17.9 Å². The molecule has 1 N–H and O–H groups in total. The first-order valence-electron chi connectivity index (χ1n) is 6.25. The van der Waals surface area contributed by atoms with Crippen LogP contribution in [0.4, 0.5) is 0 Å². The molecule has 1 fully saturated rings. The van der Waals surface area contributed by atoms with E-state index in [-0.39, 0.29) is 11.1 Å². The number of hydrogen-bond donors (Lipinski definition) is 1. The van der Waals surface area contributed by atoms with Gasteiger partial charge < -0.3 is 14.5 Å². The van der Waals surface area contributed by atoms with Gasteiger partial charge in [0.05, 0.1) is 10.3 Å². The second-order valence-corrected chi connectivity index (χ2v) is 6.85. The second kappa shape index (κ2) is 5.53. The van der Waals surface area contributed by atoms with Gasteiger partial charge >= 0.3 is 5.97 Å². The summed E-state index contributed by atoms with van der Waals surface area (Å²) < 4.78 is 5.18. The zero-order chi connectivity index (χ0) is 15.0. The van der Waals surface area contributed by atoms with Crippen LogP contribution in [-0.4, -0.2) is 44.2 Å². The number of thioether (sulfide) groups is 1. The van der Waals surface area contributed by atoms with Crippen LogP contribution in [0.25, 0.3) is 10.6 Å². The maximum absolute atomic E-state index is 12.5. The van der Waals surface area contributed by atoms with E-state index in [9.17, 15) is 14.7 Å². The van der Waals surface area contributed by atoms with Gasteiger partial charge in [0.25, 0.3) is 5.91 Å². The molecule has 1 amide bonds. The molecular weight excluding hydrogens is 312 g/mol. The predicted molar refractivity (Wildman–Crippen MR) is 79.3 cm³/mol. The first-order chi connectivity index (χ1) is 10.1. The molecule has 0 radical (unpaired) electrons. The van der Waals surface area contributed by atoms with Gasteiger partial charge in [-0.3, -0.25) is 4.79 Å². The molecule has 3 heterocycles. The lowest BCUT2D eigenvalue weighted by atomic mass is 10.2. The monoisotopic (exact) mass is 324 g/mol. The molecule has 2 atom stereocenters. The van der Waals surface area contributed by atoms with E-state index in [2.05, 4.69) is 5.16 Å². The molecule has 0 aromatic carbocycles. The van der Waals surface area contributed by atoms with Crippen LogP contribution in [0.1, 0.15) is 17.4 Å². The molecule has 1 saturated heterocycles. The average Bonchev–Trinajstić information content (AvgIpc) is 3.17. The first-order valence-corrected chi connectivity index (χ1v) is 8.18. The molecule has 8 heteroatoms. The topological polar surface area (TPSA) is 83.6 Å². The zero-order valence-corrected chi connectivity index (χ0v) is 12.7. The van der Waals surface area contributed by atoms with Crippen molar-refractivity contribution in [2.24, 2.45) is 0 Å². The highest BCUT2D eigenvalue weighted by Gasteiger charge is 2.40. The van der Waals surface area contributed by atoms with Crippen LogP contribution in [0.15, 0.2) is 28.1 Å². The molecule has 2 unspecified atom stereocenters. The highest BCUT2D eigenvalue weighted by Crippen LogP contribution is 2.31. The number of carboxylic acid groups (broad SMARTS) is 1. The van der Waals surface area contributed by atoms with Crippen molar-refractivity contribution in [2.45, 2.75) is 18.3 Å². The van der Waals surface area contributed by atoms with Crippen LogP contribution in [0, 0.1) is 0 Å². The van der Waals surface area contributed by atoms with Crippen molar-refractivity contribution in [3.63, 3.8) is 0 Å². The number of rotatable bonds is 3. The molecule has 0 aliphatic carbocycles. The Balaban J connectivity index is 1.86.